The molecule has 7 nitrogen and oxygen atoms in total. The third-order valence-electron chi connectivity index (χ3n) is 4.30. The van der Waals surface area contributed by atoms with E-state index in [1.165, 1.54) is 31.3 Å². The number of furan rings is 2. The Balaban J connectivity index is 2.56. The van der Waals surface area contributed by atoms with Gasteiger partial charge in [-0.1, -0.05) is 6.08 Å². The van der Waals surface area contributed by atoms with Crippen molar-refractivity contribution in [3.63, 3.8) is 0 Å². The molecule has 2 rings (SSSR count). The van der Waals surface area contributed by atoms with Crippen molar-refractivity contribution in [3.8, 4) is 0 Å². The number of Topliss-reactive ketones (excluding diaryl/α,β-unsaturated/α-hetero) is 1. The number of nitrogens with one attached hydrogen (secondary N) is 1. The summed E-state index contributed by atoms with van der Waals surface area (Å²) in [6, 6.07) is 6.38. The van der Waals surface area contributed by atoms with E-state index < -0.39 is 29.4 Å². The van der Waals surface area contributed by atoms with Crippen molar-refractivity contribution in [2.45, 2.75) is 31.4 Å². The van der Waals surface area contributed by atoms with Gasteiger partial charge >= 0.3 is 6.03 Å². The molecule has 0 radical (unpaired) electrons. The van der Waals surface area contributed by atoms with Crippen LogP contribution in [0.4, 0.5) is 4.79 Å². The maximum atomic E-state index is 12.7. The number of carbonyl (C=O) groups excluding carboxylic acids is 2. The summed E-state index contributed by atoms with van der Waals surface area (Å²) in [7, 11) is 3.12. The minimum atomic E-state index is -1.61. The molecule has 26 heavy (non-hydrogen) atoms. The zero-order chi connectivity index (χ0) is 19.3. The number of aliphatic hydroxyl groups is 1. The third kappa shape index (κ3) is 3.88. The highest BCUT2D eigenvalue weighted by Crippen LogP contribution is 2.35. The molecule has 0 fully saturated rings. The number of amides is 2. The highest BCUT2D eigenvalue weighted by Gasteiger charge is 2.49. The van der Waals surface area contributed by atoms with Crippen molar-refractivity contribution in [3.05, 3.63) is 54.4 Å². The summed E-state index contributed by atoms with van der Waals surface area (Å²) < 4.78 is 10.8. The first-order chi connectivity index (χ1) is 12.3. The summed E-state index contributed by atoms with van der Waals surface area (Å²) in [4.78, 5) is 26.3. The topological polar surface area (TPSA) is 95.9 Å². The first-order valence-corrected chi connectivity index (χ1v) is 8.22. The number of aliphatic hydroxyl groups excluding tert-OH is 1. The third-order valence-corrected chi connectivity index (χ3v) is 4.30. The molecule has 0 aromatic carbocycles. The molecule has 0 unspecified atom stereocenters. The lowest BCUT2D eigenvalue weighted by Gasteiger charge is -2.40. The smallest absolute Gasteiger partial charge is 0.317 e. The van der Waals surface area contributed by atoms with Crippen LogP contribution in [0.1, 0.15) is 31.3 Å². The molecule has 7 heteroatoms. The van der Waals surface area contributed by atoms with Crippen LogP contribution in [0.2, 0.25) is 0 Å². The fourth-order valence-electron chi connectivity index (χ4n) is 2.85. The predicted molar refractivity (Wildman–Crippen MR) is 96.5 cm³/mol. The molecular weight excluding hydrogens is 336 g/mol. The Morgan fingerprint density at radius 2 is 1.88 bits per heavy atom. The summed E-state index contributed by atoms with van der Waals surface area (Å²) >= 11 is 0. The number of rotatable bonds is 7. The van der Waals surface area contributed by atoms with Crippen LogP contribution in [-0.4, -0.2) is 47.6 Å². The average Bonchev–Trinajstić information content (AvgIpc) is 3.26. The van der Waals surface area contributed by atoms with Crippen molar-refractivity contribution in [2.24, 2.45) is 0 Å². The van der Waals surface area contributed by atoms with Crippen molar-refractivity contribution in [2.75, 3.05) is 14.1 Å². The first-order valence-electron chi connectivity index (χ1n) is 8.22. The van der Waals surface area contributed by atoms with Gasteiger partial charge in [-0.05, 0) is 44.2 Å². The van der Waals surface area contributed by atoms with E-state index in [1.54, 1.807) is 50.5 Å². The second-order valence-corrected chi connectivity index (χ2v) is 6.29. The number of hydrogen-bond acceptors (Lipinski definition) is 5. The summed E-state index contributed by atoms with van der Waals surface area (Å²) in [5.41, 5.74) is -1.61. The molecule has 0 saturated heterocycles. The molecule has 2 aromatic heterocycles. The van der Waals surface area contributed by atoms with E-state index in [-0.39, 0.29) is 0 Å². The lowest BCUT2D eigenvalue weighted by atomic mass is 9.75. The molecular formula is C19H24N2O5. The van der Waals surface area contributed by atoms with E-state index in [9.17, 15) is 14.7 Å². The monoisotopic (exact) mass is 360 g/mol. The Kier molecular flexibility index (Phi) is 6.05. The molecule has 0 aliphatic rings. The number of carbonyl (C=O) groups is 2. The summed E-state index contributed by atoms with van der Waals surface area (Å²) in [5.74, 6) is -0.135. The Morgan fingerprint density at radius 3 is 2.35 bits per heavy atom. The highest BCUT2D eigenvalue weighted by molar-refractivity contribution is 5.93. The van der Waals surface area contributed by atoms with Gasteiger partial charge in [0.2, 0.25) is 0 Å². The van der Waals surface area contributed by atoms with Gasteiger partial charge in [-0.3, -0.25) is 4.79 Å². The zero-order valence-electron chi connectivity index (χ0n) is 15.3. The Hall–Kier alpha value is -2.80. The van der Waals surface area contributed by atoms with E-state index in [4.69, 9.17) is 8.83 Å². The fraction of sp³-hybridized carbons (Fsp3) is 0.368. The van der Waals surface area contributed by atoms with Gasteiger partial charge in [0.15, 0.2) is 5.78 Å². The molecule has 0 aliphatic heterocycles. The van der Waals surface area contributed by atoms with Gasteiger partial charge in [0.25, 0.3) is 0 Å². The van der Waals surface area contributed by atoms with Gasteiger partial charge < -0.3 is 24.2 Å². The lowest BCUT2D eigenvalue weighted by molar-refractivity contribution is -0.128. The second-order valence-electron chi connectivity index (χ2n) is 6.29. The van der Waals surface area contributed by atoms with Gasteiger partial charge in [-0.15, -0.1) is 0 Å². The van der Waals surface area contributed by atoms with Crippen LogP contribution in [-0.2, 0) is 4.79 Å². The first kappa shape index (κ1) is 19.5. The summed E-state index contributed by atoms with van der Waals surface area (Å²) in [6.45, 7) is 2.80. The zero-order valence-corrected chi connectivity index (χ0v) is 15.3. The molecule has 0 aliphatic carbocycles. The number of urea groups is 1. The van der Waals surface area contributed by atoms with Gasteiger partial charge in [0.1, 0.15) is 17.1 Å². The molecule has 0 bridgehead atoms. The molecule has 2 N–H and O–H groups in total. The highest BCUT2D eigenvalue weighted by atomic mass is 16.3. The SMILES string of the molecule is CC(=O)[C@@](NC(=O)N(C)C)([C@@H](C)O)[C@@H](/C=C/c1ccco1)c1ccco1. The standard InChI is InChI=1S/C19H24N2O5/c1-13(22)19(14(2)23,20-18(24)21(3)4)16(17-8-6-12-26-17)10-9-15-7-5-11-25-15/h5-13,16,22H,1-4H3,(H,20,24)/b10-9+/t13-,16+,19+/m1/s1. The molecule has 2 heterocycles. The number of ketones is 1. The maximum Gasteiger partial charge on any atom is 0.317 e. The van der Waals surface area contributed by atoms with Crippen LogP contribution >= 0.6 is 0 Å². The van der Waals surface area contributed by atoms with E-state index in [0.717, 1.165) is 0 Å². The van der Waals surface area contributed by atoms with Crippen LogP contribution in [0.15, 0.2) is 51.7 Å². The van der Waals surface area contributed by atoms with Gasteiger partial charge in [-0.25, -0.2) is 4.79 Å². The van der Waals surface area contributed by atoms with Crippen molar-refractivity contribution in [1.29, 1.82) is 0 Å². The molecule has 0 spiro atoms. The fourth-order valence-corrected chi connectivity index (χ4v) is 2.85. The normalized spacial score (nSPS) is 16.0. The molecule has 2 aromatic rings. The van der Waals surface area contributed by atoms with Crippen LogP contribution in [0.5, 0.6) is 0 Å². The molecule has 2 amide bonds. The Morgan fingerprint density at radius 1 is 1.23 bits per heavy atom. The van der Waals surface area contributed by atoms with Crippen molar-refractivity contribution >= 4 is 17.9 Å². The minimum Gasteiger partial charge on any atom is -0.469 e. The van der Waals surface area contributed by atoms with Crippen LogP contribution < -0.4 is 5.32 Å². The maximum absolute atomic E-state index is 12.7. The average molecular weight is 360 g/mol. The van der Waals surface area contributed by atoms with Crippen molar-refractivity contribution in [1.82, 2.24) is 10.2 Å². The van der Waals surface area contributed by atoms with E-state index in [0.29, 0.717) is 11.5 Å². The molecule has 3 atom stereocenters. The van der Waals surface area contributed by atoms with E-state index in [1.807, 2.05) is 0 Å². The van der Waals surface area contributed by atoms with E-state index in [2.05, 4.69) is 5.32 Å². The van der Waals surface area contributed by atoms with E-state index >= 15 is 0 Å². The summed E-state index contributed by atoms with van der Waals surface area (Å²) in [5, 5.41) is 13.2. The minimum absolute atomic E-state index is 0.395. The lowest BCUT2D eigenvalue weighted by Crippen LogP contribution is -2.65. The van der Waals surface area contributed by atoms with Gasteiger partial charge in [-0.2, -0.15) is 0 Å². The Labute approximate surface area is 152 Å². The quantitative estimate of drug-likeness (QED) is 0.791. The second kappa shape index (κ2) is 8.05. The predicted octanol–water partition coefficient (Wildman–Crippen LogP) is 2.65. The Bertz CT molecular complexity index is 747. The van der Waals surface area contributed by atoms with Crippen LogP contribution in [0, 0.1) is 0 Å². The number of nitrogens with zero attached hydrogens (tertiary/aromatic N) is 1. The number of hydrogen-bond donors (Lipinski definition) is 2. The molecule has 0 saturated carbocycles. The molecule has 140 valence electrons. The van der Waals surface area contributed by atoms with Crippen LogP contribution in [0.3, 0.4) is 0 Å². The van der Waals surface area contributed by atoms with Gasteiger partial charge in [0, 0.05) is 14.1 Å². The largest absolute Gasteiger partial charge is 0.469 e. The van der Waals surface area contributed by atoms with Gasteiger partial charge in [0.05, 0.1) is 24.5 Å². The van der Waals surface area contributed by atoms with Crippen LogP contribution in [0.25, 0.3) is 6.08 Å². The summed E-state index contributed by atoms with van der Waals surface area (Å²) in [6.07, 6.45) is 5.18. The van der Waals surface area contributed by atoms with Crippen molar-refractivity contribution < 1.29 is 23.5 Å².